The van der Waals surface area contributed by atoms with E-state index in [-0.39, 0.29) is 5.56 Å². The van der Waals surface area contributed by atoms with Gasteiger partial charge in [0, 0.05) is 25.4 Å². The lowest BCUT2D eigenvalue weighted by Crippen LogP contribution is -2.24. The fourth-order valence-electron chi connectivity index (χ4n) is 2.61. The van der Waals surface area contributed by atoms with Crippen molar-refractivity contribution in [3.63, 3.8) is 0 Å². The van der Waals surface area contributed by atoms with Crippen molar-refractivity contribution in [3.8, 4) is 0 Å². The molecule has 1 aromatic heterocycles. The maximum absolute atomic E-state index is 11.7. The number of hydrogen-bond acceptors (Lipinski definition) is 2. The zero-order valence-corrected chi connectivity index (χ0v) is 9.91. The van der Waals surface area contributed by atoms with Gasteiger partial charge in [0.25, 0.3) is 5.56 Å². The van der Waals surface area contributed by atoms with Crippen molar-refractivity contribution in [1.29, 1.82) is 0 Å². The summed E-state index contributed by atoms with van der Waals surface area (Å²) in [6, 6.07) is 2.01. The van der Waals surface area contributed by atoms with Crippen LogP contribution in [0.3, 0.4) is 0 Å². The summed E-state index contributed by atoms with van der Waals surface area (Å²) in [5.74, 6) is 0.630. The molecule has 2 N–H and O–H groups in total. The largest absolute Gasteiger partial charge is 0.326 e. The molecule has 0 radical (unpaired) electrons. The highest BCUT2D eigenvalue weighted by Crippen LogP contribution is 2.32. The fraction of sp³-hybridized carbons (Fsp3) is 0.615. The molecule has 1 heterocycles. The Morgan fingerprint density at radius 2 is 2.06 bits per heavy atom. The minimum absolute atomic E-state index is 0.0436. The lowest BCUT2D eigenvalue weighted by molar-refractivity contribution is 0.441. The Hall–Kier alpha value is -1.09. The van der Waals surface area contributed by atoms with Crippen LogP contribution in [0.5, 0.6) is 0 Å². The van der Waals surface area contributed by atoms with Gasteiger partial charge in [0.05, 0.1) is 0 Å². The molecule has 0 spiro atoms. The maximum Gasteiger partial charge on any atom is 0.254 e. The van der Waals surface area contributed by atoms with Gasteiger partial charge < -0.3 is 10.3 Å². The lowest BCUT2D eigenvalue weighted by atomic mass is 9.84. The second kappa shape index (κ2) is 4.83. The standard InChI is InChI=1S/C13H20N2O/c1-15-9-12(7-11(8-14)13(15)16)10-5-3-2-4-6-10/h7,9-10H,2-6,8,14H2,1H3. The predicted molar refractivity (Wildman–Crippen MR) is 65.4 cm³/mol. The van der Waals surface area contributed by atoms with E-state index in [1.165, 1.54) is 37.7 Å². The first-order valence-corrected chi connectivity index (χ1v) is 6.12. The summed E-state index contributed by atoms with van der Waals surface area (Å²) in [6.07, 6.45) is 8.46. The van der Waals surface area contributed by atoms with Gasteiger partial charge in [-0.1, -0.05) is 19.3 Å². The molecular formula is C13H20N2O. The van der Waals surface area contributed by atoms with Crippen molar-refractivity contribution in [2.75, 3.05) is 0 Å². The third kappa shape index (κ3) is 2.19. The predicted octanol–water partition coefficient (Wildman–Crippen LogP) is 1.89. The highest BCUT2D eigenvalue weighted by Gasteiger charge is 2.17. The summed E-state index contributed by atoms with van der Waals surface area (Å²) in [7, 11) is 1.81. The van der Waals surface area contributed by atoms with Gasteiger partial charge in [0.15, 0.2) is 0 Å². The van der Waals surface area contributed by atoms with Crippen LogP contribution in [0.1, 0.15) is 49.1 Å². The molecule has 0 bridgehead atoms. The Bertz CT molecular complexity index is 416. The van der Waals surface area contributed by atoms with Gasteiger partial charge in [-0.05, 0) is 30.4 Å². The first-order chi connectivity index (χ1) is 7.72. The lowest BCUT2D eigenvalue weighted by Gasteiger charge is -2.22. The summed E-state index contributed by atoms with van der Waals surface area (Å²) in [5, 5.41) is 0. The number of hydrogen-bond donors (Lipinski definition) is 1. The van der Waals surface area contributed by atoms with Gasteiger partial charge in [-0.2, -0.15) is 0 Å². The SMILES string of the molecule is Cn1cc(C2CCCCC2)cc(CN)c1=O. The van der Waals surface area contributed by atoms with E-state index in [0.29, 0.717) is 12.5 Å². The Kier molecular flexibility index (Phi) is 3.44. The van der Waals surface area contributed by atoms with Gasteiger partial charge in [0.2, 0.25) is 0 Å². The summed E-state index contributed by atoms with van der Waals surface area (Å²) in [5.41, 5.74) is 7.68. The normalized spacial score (nSPS) is 17.6. The second-order valence-electron chi connectivity index (χ2n) is 4.75. The van der Waals surface area contributed by atoms with Crippen LogP contribution >= 0.6 is 0 Å². The molecule has 0 amide bonds. The molecule has 1 aliphatic carbocycles. The van der Waals surface area contributed by atoms with E-state index >= 15 is 0 Å². The smallest absolute Gasteiger partial charge is 0.254 e. The molecule has 1 fully saturated rings. The average Bonchev–Trinajstić information content (AvgIpc) is 2.33. The molecule has 1 aromatic rings. The van der Waals surface area contributed by atoms with Crippen molar-refractivity contribution in [3.05, 3.63) is 33.7 Å². The molecule has 0 atom stereocenters. The Labute approximate surface area is 96.3 Å². The number of aryl methyl sites for hydroxylation is 1. The number of pyridine rings is 1. The van der Waals surface area contributed by atoms with Crippen molar-refractivity contribution < 1.29 is 0 Å². The van der Waals surface area contributed by atoms with Gasteiger partial charge in [0.1, 0.15) is 0 Å². The molecule has 3 nitrogen and oxygen atoms in total. The molecular weight excluding hydrogens is 200 g/mol. The summed E-state index contributed by atoms with van der Waals surface area (Å²) in [6.45, 7) is 0.341. The van der Waals surface area contributed by atoms with E-state index in [1.807, 2.05) is 19.3 Å². The van der Waals surface area contributed by atoms with Crippen LogP contribution in [-0.4, -0.2) is 4.57 Å². The molecule has 16 heavy (non-hydrogen) atoms. The summed E-state index contributed by atoms with van der Waals surface area (Å²) < 4.78 is 1.67. The van der Waals surface area contributed by atoms with Crippen molar-refractivity contribution in [2.45, 2.75) is 44.6 Å². The van der Waals surface area contributed by atoms with Gasteiger partial charge in [-0.15, -0.1) is 0 Å². The molecule has 1 saturated carbocycles. The highest BCUT2D eigenvalue weighted by atomic mass is 16.1. The van der Waals surface area contributed by atoms with Gasteiger partial charge in [-0.3, -0.25) is 4.79 Å². The first kappa shape index (κ1) is 11.4. The highest BCUT2D eigenvalue weighted by molar-refractivity contribution is 5.23. The second-order valence-corrected chi connectivity index (χ2v) is 4.75. The Balaban J connectivity index is 2.33. The minimum atomic E-state index is 0.0436. The van der Waals surface area contributed by atoms with Crippen LogP contribution in [0.4, 0.5) is 0 Å². The molecule has 0 saturated heterocycles. The quantitative estimate of drug-likeness (QED) is 0.827. The van der Waals surface area contributed by atoms with Crippen molar-refractivity contribution in [1.82, 2.24) is 4.57 Å². The topological polar surface area (TPSA) is 48.0 Å². The monoisotopic (exact) mass is 220 g/mol. The summed E-state index contributed by atoms with van der Waals surface area (Å²) in [4.78, 5) is 11.7. The van der Waals surface area contributed by atoms with Gasteiger partial charge in [-0.25, -0.2) is 0 Å². The van der Waals surface area contributed by atoms with E-state index in [0.717, 1.165) is 5.56 Å². The average molecular weight is 220 g/mol. The molecule has 0 unspecified atom stereocenters. The molecule has 88 valence electrons. The number of nitrogens with two attached hydrogens (primary N) is 1. The third-order valence-electron chi connectivity index (χ3n) is 3.58. The zero-order chi connectivity index (χ0) is 11.5. The van der Waals surface area contributed by atoms with E-state index in [2.05, 4.69) is 0 Å². The minimum Gasteiger partial charge on any atom is -0.326 e. The van der Waals surface area contributed by atoms with E-state index in [1.54, 1.807) is 4.57 Å². The molecule has 1 aliphatic rings. The molecule has 0 aliphatic heterocycles. The first-order valence-electron chi connectivity index (χ1n) is 6.12. The van der Waals surface area contributed by atoms with E-state index in [4.69, 9.17) is 5.73 Å². The number of rotatable bonds is 2. The van der Waals surface area contributed by atoms with Crippen molar-refractivity contribution >= 4 is 0 Å². The fourth-order valence-corrected chi connectivity index (χ4v) is 2.61. The Morgan fingerprint density at radius 1 is 1.38 bits per heavy atom. The summed E-state index contributed by atoms with van der Waals surface area (Å²) >= 11 is 0. The number of aromatic nitrogens is 1. The van der Waals surface area contributed by atoms with Crippen LogP contribution in [0.25, 0.3) is 0 Å². The molecule has 0 aromatic carbocycles. The molecule has 3 heteroatoms. The van der Waals surface area contributed by atoms with E-state index < -0.39 is 0 Å². The Morgan fingerprint density at radius 3 is 2.69 bits per heavy atom. The van der Waals surface area contributed by atoms with Gasteiger partial charge >= 0.3 is 0 Å². The van der Waals surface area contributed by atoms with Crippen LogP contribution in [-0.2, 0) is 13.6 Å². The van der Waals surface area contributed by atoms with Crippen LogP contribution in [0, 0.1) is 0 Å². The molecule has 2 rings (SSSR count). The third-order valence-corrected chi connectivity index (χ3v) is 3.58. The maximum atomic E-state index is 11.7. The van der Waals surface area contributed by atoms with E-state index in [9.17, 15) is 4.79 Å². The van der Waals surface area contributed by atoms with Crippen LogP contribution in [0.2, 0.25) is 0 Å². The van der Waals surface area contributed by atoms with Crippen LogP contribution in [0.15, 0.2) is 17.1 Å². The zero-order valence-electron chi connectivity index (χ0n) is 9.91. The van der Waals surface area contributed by atoms with Crippen molar-refractivity contribution in [2.24, 2.45) is 12.8 Å². The van der Waals surface area contributed by atoms with Crippen LogP contribution < -0.4 is 11.3 Å². The number of nitrogens with zero attached hydrogens (tertiary/aromatic N) is 1.